The van der Waals surface area contributed by atoms with Gasteiger partial charge in [-0.1, -0.05) is 18.2 Å². The van der Waals surface area contributed by atoms with Crippen molar-refractivity contribution in [2.45, 2.75) is 6.10 Å². The van der Waals surface area contributed by atoms with Crippen molar-refractivity contribution in [1.82, 2.24) is 0 Å². The average Bonchev–Trinajstić information content (AvgIpc) is 2.33. The molecule has 0 aliphatic heterocycles. The predicted molar refractivity (Wildman–Crippen MR) is 56.8 cm³/mol. The number of hydrogen-bond donors (Lipinski definition) is 1. The van der Waals surface area contributed by atoms with Crippen LogP contribution in [0.5, 0.6) is 0 Å². The van der Waals surface area contributed by atoms with Crippen LogP contribution < -0.4 is 0 Å². The largest absolute Gasteiger partial charge is 0.384 e. The van der Waals surface area contributed by atoms with Crippen molar-refractivity contribution in [1.29, 1.82) is 0 Å². The zero-order chi connectivity index (χ0) is 12.4. The van der Waals surface area contributed by atoms with Gasteiger partial charge in [-0.05, 0) is 35.4 Å². The molecule has 0 unspecified atom stereocenters. The van der Waals surface area contributed by atoms with Gasteiger partial charge in [0.1, 0.15) is 11.9 Å². The van der Waals surface area contributed by atoms with Crippen LogP contribution in [0.2, 0.25) is 0 Å². The van der Waals surface area contributed by atoms with Crippen molar-refractivity contribution in [3.63, 3.8) is 0 Å². The Bertz CT molecular complexity index is 523. The van der Waals surface area contributed by atoms with E-state index < -0.39 is 23.6 Å². The third kappa shape index (κ3) is 2.47. The van der Waals surface area contributed by atoms with Gasteiger partial charge in [0.2, 0.25) is 0 Å². The number of aliphatic hydroxyl groups excluding tert-OH is 1. The van der Waals surface area contributed by atoms with Gasteiger partial charge >= 0.3 is 0 Å². The van der Waals surface area contributed by atoms with Crippen molar-refractivity contribution in [3.8, 4) is 0 Å². The molecule has 0 fully saturated rings. The highest BCUT2D eigenvalue weighted by Crippen LogP contribution is 2.23. The SMILES string of the molecule is O[C@@H](c1ccc(F)cc1)c1ccc(F)c(F)c1. The summed E-state index contributed by atoms with van der Waals surface area (Å²) in [4.78, 5) is 0. The summed E-state index contributed by atoms with van der Waals surface area (Å²) in [6, 6.07) is 8.31. The molecule has 2 rings (SSSR count). The average molecular weight is 238 g/mol. The Hall–Kier alpha value is -1.81. The lowest BCUT2D eigenvalue weighted by molar-refractivity contribution is 0.219. The van der Waals surface area contributed by atoms with Gasteiger partial charge in [-0.2, -0.15) is 0 Å². The molecule has 1 nitrogen and oxygen atoms in total. The topological polar surface area (TPSA) is 20.2 Å². The van der Waals surface area contributed by atoms with E-state index in [0.717, 1.165) is 12.1 Å². The molecule has 2 aromatic carbocycles. The summed E-state index contributed by atoms with van der Waals surface area (Å²) in [5.41, 5.74) is 0.632. The smallest absolute Gasteiger partial charge is 0.159 e. The molecule has 4 heteroatoms. The minimum Gasteiger partial charge on any atom is -0.384 e. The summed E-state index contributed by atoms with van der Waals surface area (Å²) < 4.78 is 38.4. The second kappa shape index (κ2) is 4.59. The molecule has 0 aromatic heterocycles. The molecule has 2 aromatic rings. The van der Waals surface area contributed by atoms with E-state index in [1.165, 1.54) is 30.3 Å². The fourth-order valence-corrected chi connectivity index (χ4v) is 1.52. The number of aliphatic hydroxyl groups is 1. The van der Waals surface area contributed by atoms with Gasteiger partial charge in [0, 0.05) is 0 Å². The highest BCUT2D eigenvalue weighted by atomic mass is 19.2. The van der Waals surface area contributed by atoms with Crippen LogP contribution in [0.3, 0.4) is 0 Å². The van der Waals surface area contributed by atoms with E-state index in [1.807, 2.05) is 0 Å². The van der Waals surface area contributed by atoms with Crippen LogP contribution in [0.25, 0.3) is 0 Å². The first-order valence-corrected chi connectivity index (χ1v) is 4.96. The van der Waals surface area contributed by atoms with Crippen molar-refractivity contribution in [2.24, 2.45) is 0 Å². The molecule has 0 spiro atoms. The molecule has 0 aliphatic rings. The molecule has 0 saturated heterocycles. The van der Waals surface area contributed by atoms with Crippen LogP contribution in [0.4, 0.5) is 13.2 Å². The van der Waals surface area contributed by atoms with Gasteiger partial charge < -0.3 is 5.11 Å². The van der Waals surface area contributed by atoms with Crippen LogP contribution in [-0.4, -0.2) is 5.11 Å². The first-order valence-electron chi connectivity index (χ1n) is 4.96. The number of rotatable bonds is 2. The van der Waals surface area contributed by atoms with Gasteiger partial charge in [0.05, 0.1) is 0 Å². The second-order valence-corrected chi connectivity index (χ2v) is 3.63. The molecule has 88 valence electrons. The lowest BCUT2D eigenvalue weighted by atomic mass is 10.0. The molecular formula is C13H9F3O. The molecule has 0 amide bonds. The first kappa shape index (κ1) is 11.7. The summed E-state index contributed by atoms with van der Waals surface area (Å²) in [5.74, 6) is -2.42. The molecule has 0 radical (unpaired) electrons. The fourth-order valence-electron chi connectivity index (χ4n) is 1.52. The molecule has 0 aliphatic carbocycles. The maximum atomic E-state index is 13.0. The Morgan fingerprint density at radius 3 is 1.94 bits per heavy atom. The Morgan fingerprint density at radius 2 is 1.35 bits per heavy atom. The summed E-state index contributed by atoms with van der Waals surface area (Å²) in [5, 5.41) is 9.89. The Labute approximate surface area is 96.1 Å². The maximum Gasteiger partial charge on any atom is 0.159 e. The number of benzene rings is 2. The summed E-state index contributed by atoms with van der Waals surface area (Å²) >= 11 is 0. The highest BCUT2D eigenvalue weighted by Gasteiger charge is 2.12. The molecule has 0 bridgehead atoms. The maximum absolute atomic E-state index is 13.0. The lowest BCUT2D eigenvalue weighted by Gasteiger charge is -2.11. The van der Waals surface area contributed by atoms with E-state index in [2.05, 4.69) is 0 Å². The third-order valence-electron chi connectivity index (χ3n) is 2.45. The van der Waals surface area contributed by atoms with Gasteiger partial charge in [-0.15, -0.1) is 0 Å². The van der Waals surface area contributed by atoms with Crippen molar-refractivity contribution < 1.29 is 18.3 Å². The summed E-state index contributed by atoms with van der Waals surface area (Å²) in [6.07, 6.45) is -1.11. The van der Waals surface area contributed by atoms with Crippen LogP contribution in [0, 0.1) is 17.5 Å². The van der Waals surface area contributed by atoms with Gasteiger partial charge in [-0.3, -0.25) is 0 Å². The van der Waals surface area contributed by atoms with Gasteiger partial charge in [0.25, 0.3) is 0 Å². The molecule has 0 saturated carbocycles. The fraction of sp³-hybridized carbons (Fsp3) is 0.0769. The van der Waals surface area contributed by atoms with E-state index in [1.54, 1.807) is 0 Å². The standard InChI is InChI=1S/C13H9F3O/c14-10-4-1-8(2-5-10)13(17)9-3-6-11(15)12(16)7-9/h1-7,13,17H/t13-/m0/s1. The van der Waals surface area contributed by atoms with Crippen molar-refractivity contribution in [2.75, 3.05) is 0 Å². The van der Waals surface area contributed by atoms with E-state index >= 15 is 0 Å². The number of hydrogen-bond acceptors (Lipinski definition) is 1. The minimum atomic E-state index is -1.11. The Morgan fingerprint density at radius 1 is 0.765 bits per heavy atom. The van der Waals surface area contributed by atoms with E-state index in [4.69, 9.17) is 0 Å². The number of halogens is 3. The third-order valence-corrected chi connectivity index (χ3v) is 2.45. The normalized spacial score (nSPS) is 12.5. The van der Waals surface area contributed by atoms with Crippen LogP contribution in [0.1, 0.15) is 17.2 Å². The Kier molecular flexibility index (Phi) is 3.15. The van der Waals surface area contributed by atoms with Crippen LogP contribution in [0.15, 0.2) is 42.5 Å². The molecule has 17 heavy (non-hydrogen) atoms. The van der Waals surface area contributed by atoms with E-state index in [9.17, 15) is 18.3 Å². The second-order valence-electron chi connectivity index (χ2n) is 3.63. The van der Waals surface area contributed by atoms with Gasteiger partial charge in [-0.25, -0.2) is 13.2 Å². The quantitative estimate of drug-likeness (QED) is 0.851. The molecular weight excluding hydrogens is 229 g/mol. The van der Waals surface area contributed by atoms with E-state index in [-0.39, 0.29) is 5.56 Å². The van der Waals surface area contributed by atoms with Crippen LogP contribution >= 0.6 is 0 Å². The van der Waals surface area contributed by atoms with Crippen molar-refractivity contribution >= 4 is 0 Å². The Balaban J connectivity index is 2.33. The zero-order valence-electron chi connectivity index (χ0n) is 8.70. The summed E-state index contributed by atoms with van der Waals surface area (Å²) in [6.45, 7) is 0. The predicted octanol–water partition coefficient (Wildman–Crippen LogP) is 3.19. The monoisotopic (exact) mass is 238 g/mol. The first-order chi connectivity index (χ1) is 8.08. The van der Waals surface area contributed by atoms with E-state index in [0.29, 0.717) is 5.56 Å². The highest BCUT2D eigenvalue weighted by molar-refractivity contribution is 5.30. The van der Waals surface area contributed by atoms with Gasteiger partial charge in [0.15, 0.2) is 11.6 Å². The van der Waals surface area contributed by atoms with Crippen LogP contribution in [-0.2, 0) is 0 Å². The van der Waals surface area contributed by atoms with Crippen molar-refractivity contribution in [3.05, 3.63) is 71.0 Å². The minimum absolute atomic E-state index is 0.218. The molecule has 0 heterocycles. The molecule has 1 atom stereocenters. The molecule has 1 N–H and O–H groups in total. The lowest BCUT2D eigenvalue weighted by Crippen LogP contribution is -2.01. The zero-order valence-corrected chi connectivity index (χ0v) is 8.70. The summed E-state index contributed by atoms with van der Waals surface area (Å²) in [7, 11) is 0.